The Morgan fingerprint density at radius 2 is 1.00 bits per heavy atom. The highest BCUT2D eigenvalue weighted by molar-refractivity contribution is 7.47. The summed E-state index contributed by atoms with van der Waals surface area (Å²) in [6.07, 6.45) is 46.5. The topological polar surface area (TPSA) is 105 Å². The van der Waals surface area contributed by atoms with Crippen LogP contribution in [0.4, 0.5) is 0 Å². The smallest absolute Gasteiger partial charge is 0.387 e. The van der Waals surface area contributed by atoms with E-state index in [0.717, 1.165) is 44.9 Å². The molecule has 0 heterocycles. The van der Waals surface area contributed by atoms with E-state index in [0.29, 0.717) is 17.4 Å². The van der Waals surface area contributed by atoms with Gasteiger partial charge >= 0.3 is 7.82 Å². The summed E-state index contributed by atoms with van der Waals surface area (Å²) in [6.45, 7) is 4.78. The molecule has 9 heteroatoms. The van der Waals surface area contributed by atoms with Crippen molar-refractivity contribution in [2.45, 2.75) is 212 Å². The van der Waals surface area contributed by atoms with Gasteiger partial charge in [0.15, 0.2) is 0 Å². The predicted octanol–water partition coefficient (Wildman–Crippen LogP) is 12.7. The molecule has 0 bridgehead atoms. The fraction of sp³-hybridized carbons (Fsp3) is 0.848. The van der Waals surface area contributed by atoms with Gasteiger partial charge in [-0.3, -0.25) is 13.8 Å². The van der Waals surface area contributed by atoms with Gasteiger partial charge in [0.2, 0.25) is 5.91 Å². The van der Waals surface area contributed by atoms with Crippen LogP contribution in [0.3, 0.4) is 0 Å². The monoisotopic (exact) mass is 798 g/mol. The molecule has 0 rings (SSSR count). The normalized spacial score (nSPS) is 14.7. The number of carbonyl (C=O) groups is 1. The number of unbranched alkanes of at least 4 members (excludes halogenated alkanes) is 24. The quantitative estimate of drug-likeness (QED) is 0.0246. The highest BCUT2D eigenvalue weighted by atomic mass is 31.2. The van der Waals surface area contributed by atoms with Crippen molar-refractivity contribution in [3.63, 3.8) is 0 Å². The zero-order valence-electron chi connectivity index (χ0n) is 36.7. The highest BCUT2D eigenvalue weighted by Crippen LogP contribution is 2.43. The van der Waals surface area contributed by atoms with E-state index in [-0.39, 0.29) is 19.1 Å². The van der Waals surface area contributed by atoms with Crippen molar-refractivity contribution in [3.8, 4) is 0 Å². The number of aliphatic hydroxyl groups is 1. The number of hydrogen-bond donors (Lipinski definition) is 3. The first kappa shape index (κ1) is 53.7. The molecule has 0 saturated carbocycles. The molecule has 3 unspecified atom stereocenters. The van der Waals surface area contributed by atoms with Crippen LogP contribution in [0.2, 0.25) is 0 Å². The third-order valence-corrected chi connectivity index (χ3v) is 11.1. The Morgan fingerprint density at radius 3 is 1.45 bits per heavy atom. The number of nitrogens with zero attached hydrogens (tertiary/aromatic N) is 1. The van der Waals surface area contributed by atoms with Crippen molar-refractivity contribution < 1.29 is 32.9 Å². The van der Waals surface area contributed by atoms with Crippen LogP contribution in [0.25, 0.3) is 0 Å². The molecule has 1 amide bonds. The number of nitrogens with one attached hydrogen (secondary N) is 1. The third kappa shape index (κ3) is 40.7. The number of amides is 1. The summed E-state index contributed by atoms with van der Waals surface area (Å²) in [7, 11) is 1.55. The Kier molecular flexibility index (Phi) is 37.4. The first-order valence-corrected chi connectivity index (χ1v) is 24.4. The van der Waals surface area contributed by atoms with E-state index >= 15 is 0 Å². The molecular weight excluding hydrogens is 707 g/mol. The van der Waals surface area contributed by atoms with Crippen LogP contribution in [0.1, 0.15) is 200 Å². The number of hydrogen-bond acceptors (Lipinski definition) is 5. The number of likely N-dealkylation sites (N-methyl/N-ethyl adjacent to an activating group) is 1. The lowest BCUT2D eigenvalue weighted by Gasteiger charge is -2.25. The second-order valence-corrected chi connectivity index (χ2v) is 18.2. The van der Waals surface area contributed by atoms with Crippen molar-refractivity contribution >= 4 is 13.7 Å². The zero-order chi connectivity index (χ0) is 40.7. The zero-order valence-corrected chi connectivity index (χ0v) is 37.6. The van der Waals surface area contributed by atoms with Crippen LogP contribution in [-0.4, -0.2) is 73.4 Å². The molecule has 324 valence electrons. The Hall–Kier alpha value is -1.28. The lowest BCUT2D eigenvalue weighted by molar-refractivity contribution is -0.870. The van der Waals surface area contributed by atoms with E-state index in [4.69, 9.17) is 9.05 Å². The van der Waals surface area contributed by atoms with Crippen LogP contribution in [0.5, 0.6) is 0 Å². The lowest BCUT2D eigenvalue weighted by atomic mass is 10.0. The number of carbonyl (C=O) groups excluding carboxylic acids is 1. The molecule has 0 aliphatic heterocycles. The molecule has 0 spiro atoms. The fourth-order valence-corrected chi connectivity index (χ4v) is 7.16. The van der Waals surface area contributed by atoms with Gasteiger partial charge in [-0.15, -0.1) is 0 Å². The average molecular weight is 798 g/mol. The summed E-state index contributed by atoms with van der Waals surface area (Å²) >= 11 is 0. The van der Waals surface area contributed by atoms with E-state index in [1.807, 2.05) is 27.2 Å². The van der Waals surface area contributed by atoms with E-state index in [1.54, 1.807) is 6.08 Å². The first-order valence-electron chi connectivity index (χ1n) is 22.9. The van der Waals surface area contributed by atoms with Crippen LogP contribution in [0.15, 0.2) is 36.5 Å². The molecule has 0 aromatic rings. The highest BCUT2D eigenvalue weighted by Gasteiger charge is 2.27. The molecule has 0 aromatic carbocycles. The Bertz CT molecular complexity index is 995. The molecule has 8 nitrogen and oxygen atoms in total. The second-order valence-electron chi connectivity index (χ2n) is 16.8. The van der Waals surface area contributed by atoms with Gasteiger partial charge in [0, 0.05) is 6.42 Å². The number of rotatable bonds is 41. The van der Waals surface area contributed by atoms with Crippen molar-refractivity contribution in [1.29, 1.82) is 0 Å². The molecule has 0 saturated heterocycles. The van der Waals surface area contributed by atoms with Gasteiger partial charge in [0.05, 0.1) is 39.9 Å². The van der Waals surface area contributed by atoms with Gasteiger partial charge < -0.3 is 19.8 Å². The number of aliphatic hydroxyl groups excluding tert-OH is 1. The number of quaternary nitrogens is 1. The van der Waals surface area contributed by atoms with Gasteiger partial charge in [-0.25, -0.2) is 4.57 Å². The van der Waals surface area contributed by atoms with Gasteiger partial charge in [0.25, 0.3) is 0 Å². The molecule has 0 radical (unpaired) electrons. The Balaban J connectivity index is 4.47. The van der Waals surface area contributed by atoms with Crippen molar-refractivity contribution in [3.05, 3.63) is 36.5 Å². The second kappa shape index (κ2) is 38.2. The Morgan fingerprint density at radius 1 is 0.600 bits per heavy atom. The SMILES string of the molecule is CCCCCCCCCCCC/C=C/CC/C=C/CC/C=C/C(O)C(COP(=O)(O)OCC[N+](C)(C)C)NC(=O)CCCCCCCCCCCCCCC. The molecule has 0 aliphatic carbocycles. The van der Waals surface area contributed by atoms with Crippen molar-refractivity contribution in [2.24, 2.45) is 0 Å². The van der Waals surface area contributed by atoms with Gasteiger partial charge in [-0.1, -0.05) is 185 Å². The van der Waals surface area contributed by atoms with Crippen LogP contribution in [-0.2, 0) is 18.4 Å². The first-order chi connectivity index (χ1) is 26.5. The maximum atomic E-state index is 12.8. The van der Waals surface area contributed by atoms with E-state index in [2.05, 4.69) is 43.5 Å². The Labute approximate surface area is 340 Å². The van der Waals surface area contributed by atoms with E-state index in [9.17, 15) is 19.4 Å². The minimum Gasteiger partial charge on any atom is -0.387 e. The maximum absolute atomic E-state index is 12.8. The van der Waals surface area contributed by atoms with Crippen molar-refractivity contribution in [1.82, 2.24) is 5.32 Å². The minimum atomic E-state index is -4.35. The summed E-state index contributed by atoms with van der Waals surface area (Å²) in [4.78, 5) is 23.1. The van der Waals surface area contributed by atoms with Crippen LogP contribution < -0.4 is 5.32 Å². The fourth-order valence-electron chi connectivity index (χ4n) is 6.43. The standard InChI is InChI=1S/C46H89N2O6P/c1-6-8-10-12-14-16-18-20-21-22-23-24-25-26-28-29-31-33-35-37-39-45(49)44(43-54-55(51,52)53-42-41-48(3,4)5)47-46(50)40-38-36-34-32-30-27-19-17-15-13-11-9-7-2/h24-25,29,31,37,39,44-45,49H,6-23,26-28,30,32-36,38,40-43H2,1-5H3,(H-,47,50,51,52)/p+1/b25-24+,31-29+,39-37+. The third-order valence-electron chi connectivity index (χ3n) is 10.1. The number of phosphoric ester groups is 1. The number of allylic oxidation sites excluding steroid dienone is 5. The molecule has 0 fully saturated rings. The maximum Gasteiger partial charge on any atom is 0.472 e. The van der Waals surface area contributed by atoms with E-state index in [1.165, 1.54) is 135 Å². The van der Waals surface area contributed by atoms with Crippen LogP contribution in [0, 0.1) is 0 Å². The summed E-state index contributed by atoms with van der Waals surface area (Å²) in [5.74, 6) is -0.191. The van der Waals surface area contributed by atoms with Crippen molar-refractivity contribution in [2.75, 3.05) is 40.9 Å². The lowest BCUT2D eigenvalue weighted by Crippen LogP contribution is -2.45. The molecule has 55 heavy (non-hydrogen) atoms. The van der Waals surface area contributed by atoms with Crippen LogP contribution >= 0.6 is 7.82 Å². The number of phosphoric acid groups is 1. The summed E-state index contributed by atoms with van der Waals surface area (Å²) in [6, 6.07) is -0.865. The molecule has 3 N–H and O–H groups in total. The average Bonchev–Trinajstić information content (AvgIpc) is 3.13. The molecule has 0 aliphatic rings. The predicted molar refractivity (Wildman–Crippen MR) is 235 cm³/mol. The van der Waals surface area contributed by atoms with Gasteiger partial charge in [0.1, 0.15) is 13.2 Å². The van der Waals surface area contributed by atoms with E-state index < -0.39 is 20.0 Å². The minimum absolute atomic E-state index is 0.0546. The van der Waals surface area contributed by atoms with Gasteiger partial charge in [-0.05, 0) is 44.9 Å². The van der Waals surface area contributed by atoms with Gasteiger partial charge in [-0.2, -0.15) is 0 Å². The molecular formula is C46H90N2O6P+. The molecule has 3 atom stereocenters. The largest absolute Gasteiger partial charge is 0.472 e. The summed E-state index contributed by atoms with van der Waals surface area (Å²) < 4.78 is 23.5. The summed E-state index contributed by atoms with van der Waals surface area (Å²) in [5, 5.41) is 13.8. The summed E-state index contributed by atoms with van der Waals surface area (Å²) in [5.41, 5.74) is 0. The molecule has 0 aromatic heterocycles.